The van der Waals surface area contributed by atoms with Crippen molar-refractivity contribution in [1.82, 2.24) is 0 Å². The molecule has 0 aliphatic heterocycles. The van der Waals surface area contributed by atoms with Crippen LogP contribution >= 0.6 is 0 Å². The van der Waals surface area contributed by atoms with Crippen LogP contribution in [-0.2, 0) is 5.41 Å². The van der Waals surface area contributed by atoms with Crippen molar-refractivity contribution in [2.24, 2.45) is 17.8 Å². The highest BCUT2D eigenvalue weighted by molar-refractivity contribution is 5.80. The van der Waals surface area contributed by atoms with Crippen LogP contribution < -0.4 is 0 Å². The third-order valence-electron chi connectivity index (χ3n) is 5.80. The van der Waals surface area contributed by atoms with Crippen molar-refractivity contribution in [1.29, 1.82) is 0 Å². The molecule has 0 radical (unpaired) electrons. The van der Waals surface area contributed by atoms with Crippen LogP contribution in [0, 0.1) is 17.8 Å². The summed E-state index contributed by atoms with van der Waals surface area (Å²) in [6, 6.07) is 5.69. The van der Waals surface area contributed by atoms with E-state index >= 15 is 0 Å². The van der Waals surface area contributed by atoms with Crippen molar-refractivity contribution in [3.05, 3.63) is 29.3 Å². The summed E-state index contributed by atoms with van der Waals surface area (Å²) in [5, 5.41) is 10.4. The maximum Gasteiger partial charge on any atom is 0.153 e. The van der Waals surface area contributed by atoms with E-state index in [1.165, 1.54) is 38.5 Å². The van der Waals surface area contributed by atoms with E-state index in [-0.39, 0.29) is 11.2 Å². The van der Waals surface area contributed by atoms with Crippen molar-refractivity contribution < 1.29 is 9.90 Å². The first kappa shape index (κ1) is 11.5. The smallest absolute Gasteiger partial charge is 0.153 e. The first-order valence-corrected chi connectivity index (χ1v) is 7.48. The Morgan fingerprint density at radius 2 is 1.63 bits per heavy atom. The summed E-state index contributed by atoms with van der Waals surface area (Å²) in [7, 11) is 0. The Labute approximate surface area is 113 Å². The minimum Gasteiger partial charge on any atom is -0.507 e. The van der Waals surface area contributed by atoms with Crippen LogP contribution in [0.5, 0.6) is 5.75 Å². The highest BCUT2D eigenvalue weighted by Gasteiger charge is 2.52. The zero-order valence-corrected chi connectivity index (χ0v) is 11.1. The fourth-order valence-electron chi connectivity index (χ4n) is 5.52. The second-order valence-electron chi connectivity index (χ2n) is 7.06. The molecule has 19 heavy (non-hydrogen) atoms. The third kappa shape index (κ3) is 1.58. The number of carbonyl (C=O) groups is 1. The van der Waals surface area contributed by atoms with Gasteiger partial charge in [0, 0.05) is 5.56 Å². The Balaban J connectivity index is 1.81. The Morgan fingerprint density at radius 1 is 1.05 bits per heavy atom. The first-order chi connectivity index (χ1) is 9.20. The summed E-state index contributed by atoms with van der Waals surface area (Å²) in [4.78, 5) is 11.0. The number of phenols is 1. The van der Waals surface area contributed by atoms with Gasteiger partial charge >= 0.3 is 0 Å². The number of phenolic OH excluding ortho intramolecular Hbond substituents is 1. The molecule has 0 saturated heterocycles. The zero-order chi connectivity index (χ0) is 13.0. The molecule has 4 aliphatic rings. The molecule has 5 rings (SSSR count). The van der Waals surface area contributed by atoms with Crippen molar-refractivity contribution in [3.63, 3.8) is 0 Å². The fourth-order valence-corrected chi connectivity index (χ4v) is 5.52. The molecule has 2 heteroatoms. The molecule has 0 unspecified atom stereocenters. The number of hydrogen-bond acceptors (Lipinski definition) is 2. The summed E-state index contributed by atoms with van der Waals surface area (Å²) in [5.41, 5.74) is 1.67. The first-order valence-electron chi connectivity index (χ1n) is 7.48. The molecule has 1 N–H and O–H groups in total. The van der Waals surface area contributed by atoms with E-state index in [1.54, 1.807) is 6.07 Å². The van der Waals surface area contributed by atoms with Crippen LogP contribution in [0.15, 0.2) is 18.2 Å². The topological polar surface area (TPSA) is 37.3 Å². The van der Waals surface area contributed by atoms with Gasteiger partial charge in [0.05, 0.1) is 5.56 Å². The maximum absolute atomic E-state index is 11.0. The van der Waals surface area contributed by atoms with Gasteiger partial charge in [0.1, 0.15) is 5.75 Å². The van der Waals surface area contributed by atoms with E-state index in [0.29, 0.717) is 5.56 Å². The van der Waals surface area contributed by atoms with Gasteiger partial charge in [-0.05, 0) is 67.8 Å². The van der Waals surface area contributed by atoms with E-state index in [1.807, 2.05) is 6.07 Å². The molecule has 4 aliphatic carbocycles. The van der Waals surface area contributed by atoms with Gasteiger partial charge < -0.3 is 5.11 Å². The van der Waals surface area contributed by atoms with Crippen LogP contribution in [0.25, 0.3) is 0 Å². The molecule has 0 atom stereocenters. The molecule has 4 saturated carbocycles. The predicted octanol–water partition coefficient (Wildman–Crippen LogP) is 3.67. The summed E-state index contributed by atoms with van der Waals surface area (Å²) in [6.45, 7) is 0. The average Bonchev–Trinajstić information content (AvgIpc) is 2.37. The van der Waals surface area contributed by atoms with Gasteiger partial charge in [0.25, 0.3) is 0 Å². The molecule has 100 valence electrons. The van der Waals surface area contributed by atoms with Gasteiger partial charge in [-0.3, -0.25) is 4.79 Å². The lowest BCUT2D eigenvalue weighted by Crippen LogP contribution is -2.48. The molecule has 4 fully saturated rings. The predicted molar refractivity (Wildman–Crippen MR) is 73.3 cm³/mol. The summed E-state index contributed by atoms with van der Waals surface area (Å²) in [6.07, 6.45) is 8.62. The summed E-state index contributed by atoms with van der Waals surface area (Å²) < 4.78 is 0. The van der Waals surface area contributed by atoms with E-state index < -0.39 is 0 Å². The van der Waals surface area contributed by atoms with Crippen LogP contribution in [0.4, 0.5) is 0 Å². The SMILES string of the molecule is O=Cc1cccc(C23CC4CC(CC(C4)C2)C3)c1O. The largest absolute Gasteiger partial charge is 0.507 e. The van der Waals surface area contributed by atoms with Gasteiger partial charge in [-0.2, -0.15) is 0 Å². The molecular weight excluding hydrogens is 236 g/mol. The average molecular weight is 256 g/mol. The lowest BCUT2D eigenvalue weighted by molar-refractivity contribution is -0.00615. The molecule has 1 aromatic carbocycles. The van der Waals surface area contributed by atoms with Gasteiger partial charge in [0.15, 0.2) is 6.29 Å². The molecule has 0 spiro atoms. The van der Waals surface area contributed by atoms with Gasteiger partial charge in [0.2, 0.25) is 0 Å². The standard InChI is InChI=1S/C17H20O2/c18-10-14-2-1-3-15(16(14)19)17-7-11-4-12(8-17)6-13(5-11)9-17/h1-3,10-13,19H,4-9H2. The normalized spacial score (nSPS) is 39.5. The summed E-state index contributed by atoms with van der Waals surface area (Å²) >= 11 is 0. The van der Waals surface area contributed by atoms with Crippen molar-refractivity contribution in [2.75, 3.05) is 0 Å². The lowest BCUT2D eigenvalue weighted by Gasteiger charge is -2.57. The number of hydrogen-bond donors (Lipinski definition) is 1. The van der Waals surface area contributed by atoms with Crippen LogP contribution in [0.1, 0.15) is 54.4 Å². The van der Waals surface area contributed by atoms with Gasteiger partial charge in [-0.25, -0.2) is 0 Å². The van der Waals surface area contributed by atoms with Crippen molar-refractivity contribution in [2.45, 2.75) is 43.9 Å². The number of rotatable bonds is 2. The highest BCUT2D eigenvalue weighted by atomic mass is 16.3. The van der Waals surface area contributed by atoms with E-state index in [0.717, 1.165) is 29.6 Å². The molecule has 2 nitrogen and oxygen atoms in total. The minimum absolute atomic E-state index is 0.165. The van der Waals surface area contributed by atoms with E-state index in [2.05, 4.69) is 6.07 Å². The second kappa shape index (κ2) is 3.84. The Bertz CT molecular complexity index is 497. The highest BCUT2D eigenvalue weighted by Crippen LogP contribution is 2.61. The number of carbonyl (C=O) groups excluding carboxylic acids is 1. The number of aromatic hydroxyl groups is 1. The zero-order valence-electron chi connectivity index (χ0n) is 11.1. The Hall–Kier alpha value is -1.31. The van der Waals surface area contributed by atoms with Crippen LogP contribution in [-0.4, -0.2) is 11.4 Å². The number of benzene rings is 1. The number of aldehydes is 1. The minimum atomic E-state index is 0.165. The second-order valence-corrected chi connectivity index (χ2v) is 7.06. The lowest BCUT2D eigenvalue weighted by atomic mass is 9.48. The Morgan fingerprint density at radius 3 is 2.16 bits per heavy atom. The molecule has 0 amide bonds. The molecule has 0 aromatic heterocycles. The van der Waals surface area contributed by atoms with Crippen LogP contribution in [0.2, 0.25) is 0 Å². The monoisotopic (exact) mass is 256 g/mol. The van der Waals surface area contributed by atoms with Crippen molar-refractivity contribution in [3.8, 4) is 5.75 Å². The van der Waals surface area contributed by atoms with Gasteiger partial charge in [-0.1, -0.05) is 12.1 Å². The quantitative estimate of drug-likeness (QED) is 0.820. The summed E-state index contributed by atoms with van der Waals surface area (Å²) in [5.74, 6) is 2.81. The fraction of sp³-hybridized carbons (Fsp3) is 0.588. The molecule has 1 aromatic rings. The maximum atomic E-state index is 11.0. The molecular formula is C17H20O2. The number of para-hydroxylation sites is 1. The molecule has 0 heterocycles. The molecule has 4 bridgehead atoms. The van der Waals surface area contributed by atoms with Crippen molar-refractivity contribution >= 4 is 6.29 Å². The third-order valence-corrected chi connectivity index (χ3v) is 5.80. The van der Waals surface area contributed by atoms with E-state index in [9.17, 15) is 9.90 Å². The van der Waals surface area contributed by atoms with Crippen LogP contribution in [0.3, 0.4) is 0 Å². The Kier molecular flexibility index (Phi) is 2.33. The van der Waals surface area contributed by atoms with E-state index in [4.69, 9.17) is 0 Å². The van der Waals surface area contributed by atoms with Gasteiger partial charge in [-0.15, -0.1) is 0 Å².